The van der Waals surface area contributed by atoms with Gasteiger partial charge in [0.05, 0.1) is 0 Å². The lowest BCUT2D eigenvalue weighted by molar-refractivity contribution is 0.0302. The van der Waals surface area contributed by atoms with E-state index >= 15 is 0 Å². The first-order valence-corrected chi connectivity index (χ1v) is 7.80. The number of carbonyl (C=O) groups excluding carboxylic acids is 1. The summed E-state index contributed by atoms with van der Waals surface area (Å²) in [5, 5.41) is 4.10. The SMILES string of the molecule is C=CC(F)(F)CCC1(C(=O)c2ccc3[nH]ccc3c2)CCNC1. The van der Waals surface area contributed by atoms with Crippen molar-refractivity contribution in [2.45, 2.75) is 25.2 Å². The number of carbonyl (C=O) groups is 1. The Morgan fingerprint density at radius 3 is 2.91 bits per heavy atom. The molecular formula is C18H20F2N2O. The van der Waals surface area contributed by atoms with Crippen molar-refractivity contribution in [3.63, 3.8) is 0 Å². The molecule has 0 aliphatic carbocycles. The van der Waals surface area contributed by atoms with E-state index in [1.54, 1.807) is 6.07 Å². The molecule has 1 aromatic carbocycles. The molecule has 1 aromatic heterocycles. The van der Waals surface area contributed by atoms with Crippen LogP contribution in [0.4, 0.5) is 8.78 Å². The molecule has 1 saturated heterocycles. The minimum Gasteiger partial charge on any atom is -0.361 e. The van der Waals surface area contributed by atoms with Crippen LogP contribution in [-0.2, 0) is 0 Å². The summed E-state index contributed by atoms with van der Waals surface area (Å²) >= 11 is 0. The van der Waals surface area contributed by atoms with E-state index in [0.29, 0.717) is 31.1 Å². The third-order valence-electron chi connectivity index (χ3n) is 4.78. The van der Waals surface area contributed by atoms with Gasteiger partial charge in [0.25, 0.3) is 5.92 Å². The maximum atomic E-state index is 13.6. The predicted octanol–water partition coefficient (Wildman–Crippen LogP) is 3.93. The average molecular weight is 318 g/mol. The molecule has 0 spiro atoms. The minimum atomic E-state index is -2.93. The first kappa shape index (κ1) is 15.9. The van der Waals surface area contributed by atoms with Gasteiger partial charge in [0.15, 0.2) is 5.78 Å². The summed E-state index contributed by atoms with van der Waals surface area (Å²) < 4.78 is 27.1. The van der Waals surface area contributed by atoms with Gasteiger partial charge in [-0.3, -0.25) is 4.79 Å². The molecule has 0 amide bonds. The molecule has 0 bridgehead atoms. The van der Waals surface area contributed by atoms with Crippen molar-refractivity contribution in [2.24, 2.45) is 5.41 Å². The highest BCUT2D eigenvalue weighted by molar-refractivity contribution is 6.03. The number of nitrogens with one attached hydrogen (secondary N) is 2. The number of benzene rings is 1. The van der Waals surface area contributed by atoms with Crippen molar-refractivity contribution in [1.29, 1.82) is 0 Å². The Morgan fingerprint density at radius 1 is 1.39 bits per heavy atom. The Bertz CT molecular complexity index is 729. The van der Waals surface area contributed by atoms with Crippen LogP contribution in [0.5, 0.6) is 0 Å². The van der Waals surface area contributed by atoms with E-state index in [-0.39, 0.29) is 18.6 Å². The molecule has 0 radical (unpaired) electrons. The average Bonchev–Trinajstić information content (AvgIpc) is 3.21. The lowest BCUT2D eigenvalue weighted by Gasteiger charge is -2.28. The molecule has 1 unspecified atom stereocenters. The second-order valence-electron chi connectivity index (χ2n) is 6.28. The van der Waals surface area contributed by atoms with Gasteiger partial charge in [0.2, 0.25) is 0 Å². The fourth-order valence-corrected chi connectivity index (χ4v) is 3.27. The van der Waals surface area contributed by atoms with Gasteiger partial charge in [0, 0.05) is 41.0 Å². The van der Waals surface area contributed by atoms with Gasteiger partial charge in [-0.25, -0.2) is 8.78 Å². The van der Waals surface area contributed by atoms with Crippen LogP contribution in [0.15, 0.2) is 43.1 Å². The maximum Gasteiger partial charge on any atom is 0.266 e. The number of rotatable bonds is 6. The van der Waals surface area contributed by atoms with Crippen LogP contribution in [0.25, 0.3) is 10.9 Å². The van der Waals surface area contributed by atoms with Crippen LogP contribution in [-0.4, -0.2) is 29.8 Å². The van der Waals surface area contributed by atoms with Gasteiger partial charge in [-0.05, 0) is 49.7 Å². The van der Waals surface area contributed by atoms with Gasteiger partial charge in [-0.1, -0.05) is 6.58 Å². The zero-order valence-electron chi connectivity index (χ0n) is 12.9. The summed E-state index contributed by atoms with van der Waals surface area (Å²) in [6.07, 6.45) is 2.87. The quantitative estimate of drug-likeness (QED) is 0.626. The third-order valence-corrected chi connectivity index (χ3v) is 4.78. The number of Topliss-reactive ketones (excluding diaryl/α,β-unsaturated/α-hetero) is 1. The lowest BCUT2D eigenvalue weighted by atomic mass is 9.75. The highest BCUT2D eigenvalue weighted by Gasteiger charge is 2.43. The zero-order valence-corrected chi connectivity index (χ0v) is 12.9. The Morgan fingerprint density at radius 2 is 2.22 bits per heavy atom. The zero-order chi connectivity index (χ0) is 16.5. The second kappa shape index (κ2) is 5.89. The highest BCUT2D eigenvalue weighted by Crippen LogP contribution is 2.38. The van der Waals surface area contributed by atoms with Gasteiger partial charge in [-0.2, -0.15) is 0 Å². The summed E-state index contributed by atoms with van der Waals surface area (Å²) in [5.74, 6) is -2.98. The van der Waals surface area contributed by atoms with Crippen molar-refractivity contribution in [2.75, 3.05) is 13.1 Å². The van der Waals surface area contributed by atoms with Crippen LogP contribution < -0.4 is 5.32 Å². The number of alkyl halides is 2. The largest absolute Gasteiger partial charge is 0.361 e. The minimum absolute atomic E-state index is 0.0505. The van der Waals surface area contributed by atoms with E-state index in [0.717, 1.165) is 10.9 Å². The summed E-state index contributed by atoms with van der Waals surface area (Å²) in [4.78, 5) is 16.1. The van der Waals surface area contributed by atoms with Crippen LogP contribution in [0.3, 0.4) is 0 Å². The number of allylic oxidation sites excluding steroid dienone is 1. The molecular weight excluding hydrogens is 298 g/mol. The van der Waals surface area contributed by atoms with Gasteiger partial charge < -0.3 is 10.3 Å². The smallest absolute Gasteiger partial charge is 0.266 e. The molecule has 122 valence electrons. The van der Waals surface area contributed by atoms with Crippen LogP contribution in [0.2, 0.25) is 0 Å². The van der Waals surface area contributed by atoms with Crippen molar-refractivity contribution >= 4 is 16.7 Å². The summed E-state index contributed by atoms with van der Waals surface area (Å²) in [6, 6.07) is 7.36. The van der Waals surface area contributed by atoms with Crippen LogP contribution in [0.1, 0.15) is 29.6 Å². The number of hydrogen-bond acceptors (Lipinski definition) is 2. The standard InChI is InChI=1S/C18H20F2N2O/c1-2-18(19,20)7-6-17(8-10-21-12-17)16(23)14-3-4-15-13(11-14)5-9-22-15/h2-5,9,11,21-22H,1,6-8,10,12H2. The Hall–Kier alpha value is -2.01. The van der Waals surface area contributed by atoms with Gasteiger partial charge in [0.1, 0.15) is 0 Å². The molecule has 23 heavy (non-hydrogen) atoms. The number of ketones is 1. The third kappa shape index (κ3) is 3.06. The van der Waals surface area contributed by atoms with Crippen LogP contribution in [0, 0.1) is 5.41 Å². The first-order chi connectivity index (χ1) is 11.0. The molecule has 2 heterocycles. The molecule has 5 heteroatoms. The topological polar surface area (TPSA) is 44.9 Å². The normalized spacial score (nSPS) is 21.7. The van der Waals surface area contributed by atoms with E-state index in [2.05, 4.69) is 16.9 Å². The number of hydrogen-bond donors (Lipinski definition) is 2. The Kier molecular flexibility index (Phi) is 4.06. The number of H-pyrrole nitrogens is 1. The van der Waals surface area contributed by atoms with E-state index in [1.165, 1.54) is 0 Å². The van der Waals surface area contributed by atoms with E-state index < -0.39 is 11.3 Å². The molecule has 1 aliphatic rings. The van der Waals surface area contributed by atoms with Gasteiger partial charge >= 0.3 is 0 Å². The molecule has 3 rings (SSSR count). The predicted molar refractivity (Wildman–Crippen MR) is 86.9 cm³/mol. The highest BCUT2D eigenvalue weighted by atomic mass is 19.3. The Labute approximate surface area is 133 Å². The molecule has 3 nitrogen and oxygen atoms in total. The number of aromatic nitrogens is 1. The molecule has 2 N–H and O–H groups in total. The fourth-order valence-electron chi connectivity index (χ4n) is 3.27. The van der Waals surface area contributed by atoms with E-state index in [4.69, 9.17) is 0 Å². The maximum absolute atomic E-state index is 13.6. The number of halogens is 2. The first-order valence-electron chi connectivity index (χ1n) is 7.80. The van der Waals surface area contributed by atoms with Crippen molar-refractivity contribution in [3.8, 4) is 0 Å². The van der Waals surface area contributed by atoms with E-state index in [1.807, 2.05) is 24.4 Å². The van der Waals surface area contributed by atoms with E-state index in [9.17, 15) is 13.6 Å². The van der Waals surface area contributed by atoms with Crippen LogP contribution >= 0.6 is 0 Å². The summed E-state index contributed by atoms with van der Waals surface area (Å²) in [5.41, 5.74) is 0.789. The molecule has 2 aromatic rings. The Balaban J connectivity index is 1.87. The van der Waals surface area contributed by atoms with Crippen molar-refractivity contribution < 1.29 is 13.6 Å². The molecule has 1 atom stereocenters. The number of fused-ring (bicyclic) bond motifs is 1. The van der Waals surface area contributed by atoms with Crippen molar-refractivity contribution in [1.82, 2.24) is 10.3 Å². The molecule has 1 aliphatic heterocycles. The molecule has 0 saturated carbocycles. The second-order valence-corrected chi connectivity index (χ2v) is 6.28. The lowest BCUT2D eigenvalue weighted by Crippen LogP contribution is -2.35. The van der Waals surface area contributed by atoms with Crippen molar-refractivity contribution in [3.05, 3.63) is 48.7 Å². The summed E-state index contributed by atoms with van der Waals surface area (Å²) in [6.45, 7) is 4.30. The number of aromatic amines is 1. The molecule has 1 fully saturated rings. The fraction of sp³-hybridized carbons (Fsp3) is 0.389. The monoisotopic (exact) mass is 318 g/mol. The van der Waals surface area contributed by atoms with Gasteiger partial charge in [-0.15, -0.1) is 0 Å². The summed E-state index contributed by atoms with van der Waals surface area (Å²) in [7, 11) is 0.